The van der Waals surface area contributed by atoms with Gasteiger partial charge in [-0.05, 0) is 44.7 Å². The minimum Gasteiger partial charge on any atom is -0.441 e. The molecule has 3 heterocycles. The van der Waals surface area contributed by atoms with E-state index in [2.05, 4.69) is 15.3 Å². The third-order valence-electron chi connectivity index (χ3n) is 6.24. The Morgan fingerprint density at radius 2 is 2.00 bits per heavy atom. The summed E-state index contributed by atoms with van der Waals surface area (Å²) in [4.78, 5) is 35.5. The van der Waals surface area contributed by atoms with Gasteiger partial charge >= 0.3 is 6.09 Å². The van der Waals surface area contributed by atoms with Crippen molar-refractivity contribution in [2.24, 2.45) is 0 Å². The number of benzene rings is 1. The normalized spacial score (nSPS) is 18.1. The summed E-state index contributed by atoms with van der Waals surface area (Å²) >= 11 is 0. The molecule has 2 unspecified atom stereocenters. The molecular weight excluding hydrogens is 435 g/mol. The van der Waals surface area contributed by atoms with E-state index in [1.165, 1.54) is 12.3 Å². The number of halogens is 1. The zero-order valence-electron chi connectivity index (χ0n) is 19.6. The van der Waals surface area contributed by atoms with Gasteiger partial charge in [-0.3, -0.25) is 19.7 Å². The minimum atomic E-state index is -0.633. The number of hydrogen-bond donors (Lipinski definition) is 1. The quantitative estimate of drug-likeness (QED) is 0.505. The predicted molar refractivity (Wildman–Crippen MR) is 127 cm³/mol. The maximum absolute atomic E-state index is 13.5. The highest BCUT2D eigenvalue weighted by atomic mass is 19.1. The zero-order valence-corrected chi connectivity index (χ0v) is 19.6. The van der Waals surface area contributed by atoms with E-state index in [9.17, 15) is 14.0 Å². The maximum atomic E-state index is 13.5. The molecule has 1 fully saturated rings. The second kappa shape index (κ2) is 9.75. The largest absolute Gasteiger partial charge is 0.441 e. The Morgan fingerprint density at radius 3 is 2.74 bits per heavy atom. The molecule has 1 aliphatic rings. The molecule has 2 amide bonds. The Balaban J connectivity index is 1.41. The lowest BCUT2D eigenvalue weighted by atomic mass is 9.91. The monoisotopic (exact) mass is 464 g/mol. The number of ether oxygens (including phenoxy) is 1. The van der Waals surface area contributed by atoms with Crippen molar-refractivity contribution in [2.45, 2.75) is 57.7 Å². The summed E-state index contributed by atoms with van der Waals surface area (Å²) < 4.78 is 19.1. The first kappa shape index (κ1) is 23.6. The number of fused-ring (bicyclic) bond motifs is 1. The molecule has 4 rings (SSSR count). The fourth-order valence-corrected chi connectivity index (χ4v) is 4.60. The Morgan fingerprint density at radius 1 is 1.24 bits per heavy atom. The van der Waals surface area contributed by atoms with Crippen LogP contribution in [-0.4, -0.2) is 45.1 Å². The lowest BCUT2D eigenvalue weighted by Gasteiger charge is -2.29. The molecule has 0 aliphatic carbocycles. The first-order chi connectivity index (χ1) is 16.3. The number of nitrogens with one attached hydrogen (secondary N) is 1. The Labute approximate surface area is 198 Å². The molecule has 0 radical (unpaired) electrons. The van der Waals surface area contributed by atoms with Crippen molar-refractivity contribution in [1.82, 2.24) is 20.2 Å². The van der Waals surface area contributed by atoms with E-state index in [4.69, 9.17) is 4.74 Å². The number of amides is 2. The van der Waals surface area contributed by atoms with Crippen LogP contribution >= 0.6 is 0 Å². The number of carbonyl (C=O) groups is 2. The number of aromatic nitrogens is 2. The topological polar surface area (TPSA) is 84.4 Å². The van der Waals surface area contributed by atoms with Crippen molar-refractivity contribution in [3.63, 3.8) is 0 Å². The predicted octanol–water partition coefficient (Wildman–Crippen LogP) is 5.03. The highest BCUT2D eigenvalue weighted by Gasteiger charge is 2.48. The van der Waals surface area contributed by atoms with Gasteiger partial charge in [0.25, 0.3) is 5.91 Å². The molecule has 1 N–H and O–H groups in total. The van der Waals surface area contributed by atoms with Crippen LogP contribution in [0.5, 0.6) is 0 Å². The molecule has 0 bridgehead atoms. The molecule has 2 atom stereocenters. The van der Waals surface area contributed by atoms with E-state index >= 15 is 0 Å². The smallest absolute Gasteiger partial charge is 0.411 e. The van der Waals surface area contributed by atoms with E-state index in [1.54, 1.807) is 11.0 Å². The Hall–Kier alpha value is -3.55. The molecule has 0 spiro atoms. The summed E-state index contributed by atoms with van der Waals surface area (Å²) in [5.41, 5.74) is 1.46. The van der Waals surface area contributed by atoms with E-state index in [0.717, 1.165) is 18.2 Å². The van der Waals surface area contributed by atoms with Gasteiger partial charge in [0, 0.05) is 24.8 Å². The third-order valence-corrected chi connectivity index (χ3v) is 6.24. The average molecular weight is 465 g/mol. The number of cyclic esters (lactones) is 1. The summed E-state index contributed by atoms with van der Waals surface area (Å²) in [6, 6.07) is 12.5. The average Bonchev–Trinajstić information content (AvgIpc) is 3.05. The van der Waals surface area contributed by atoms with Crippen LogP contribution in [0.2, 0.25) is 0 Å². The van der Waals surface area contributed by atoms with Crippen LogP contribution in [0.1, 0.15) is 62.0 Å². The van der Waals surface area contributed by atoms with Gasteiger partial charge in [0.1, 0.15) is 16.9 Å². The van der Waals surface area contributed by atoms with Crippen molar-refractivity contribution < 1.29 is 18.7 Å². The first-order valence-electron chi connectivity index (χ1n) is 11.6. The molecular formula is C26H29FN4O3. The van der Waals surface area contributed by atoms with E-state index in [1.807, 2.05) is 51.1 Å². The van der Waals surface area contributed by atoms with E-state index < -0.39 is 11.4 Å². The molecule has 178 valence electrons. The number of hydrogen-bond acceptors (Lipinski definition) is 5. The number of rotatable bonds is 8. The lowest BCUT2D eigenvalue weighted by Crippen LogP contribution is -2.37. The summed E-state index contributed by atoms with van der Waals surface area (Å²) in [7, 11) is 0. The molecule has 1 aromatic carbocycles. The van der Waals surface area contributed by atoms with Gasteiger partial charge in [-0.1, -0.05) is 37.3 Å². The Kier molecular flexibility index (Phi) is 6.77. The van der Waals surface area contributed by atoms with Crippen molar-refractivity contribution in [3.8, 4) is 0 Å². The minimum absolute atomic E-state index is 0.0852. The van der Waals surface area contributed by atoms with Crippen molar-refractivity contribution in [3.05, 3.63) is 71.8 Å². The lowest BCUT2D eigenvalue weighted by molar-refractivity contribution is 0.0675. The number of carbonyl (C=O) groups excluding carboxylic acids is 2. The fraction of sp³-hybridized carbons (Fsp3) is 0.385. The van der Waals surface area contributed by atoms with Crippen LogP contribution in [0.3, 0.4) is 0 Å². The van der Waals surface area contributed by atoms with Gasteiger partial charge in [0.2, 0.25) is 0 Å². The van der Waals surface area contributed by atoms with Crippen LogP contribution in [-0.2, 0) is 4.74 Å². The SMILES string of the molecule is CCC(CCCN1C(=O)OC(C)(C)C1c1ccccc1)NC(=O)c1ccnc2cc(F)cnc12. The second-order valence-corrected chi connectivity index (χ2v) is 9.08. The van der Waals surface area contributed by atoms with Crippen LogP contribution in [0.15, 0.2) is 54.9 Å². The van der Waals surface area contributed by atoms with Gasteiger partial charge in [-0.15, -0.1) is 0 Å². The molecule has 8 heteroatoms. The van der Waals surface area contributed by atoms with E-state index in [0.29, 0.717) is 36.0 Å². The van der Waals surface area contributed by atoms with Crippen LogP contribution in [0.4, 0.5) is 9.18 Å². The van der Waals surface area contributed by atoms with Gasteiger partial charge in [0.05, 0.1) is 23.3 Å². The number of nitrogens with zero attached hydrogens (tertiary/aromatic N) is 3. The van der Waals surface area contributed by atoms with Crippen LogP contribution in [0.25, 0.3) is 11.0 Å². The van der Waals surface area contributed by atoms with Gasteiger partial charge in [-0.2, -0.15) is 0 Å². The summed E-state index contributed by atoms with van der Waals surface area (Å²) in [6.07, 6.45) is 4.36. The van der Waals surface area contributed by atoms with Gasteiger partial charge < -0.3 is 10.1 Å². The molecule has 34 heavy (non-hydrogen) atoms. The highest BCUT2D eigenvalue weighted by molar-refractivity contribution is 6.04. The van der Waals surface area contributed by atoms with Gasteiger partial charge in [-0.25, -0.2) is 9.18 Å². The molecule has 3 aromatic rings. The van der Waals surface area contributed by atoms with Crippen molar-refractivity contribution in [1.29, 1.82) is 0 Å². The molecule has 1 saturated heterocycles. The summed E-state index contributed by atoms with van der Waals surface area (Å²) in [6.45, 7) is 6.38. The van der Waals surface area contributed by atoms with Gasteiger partial charge in [0.15, 0.2) is 0 Å². The third kappa shape index (κ3) is 4.85. The van der Waals surface area contributed by atoms with Crippen LogP contribution < -0.4 is 5.32 Å². The van der Waals surface area contributed by atoms with E-state index in [-0.39, 0.29) is 24.1 Å². The zero-order chi connectivity index (χ0) is 24.3. The standard InChI is InChI=1S/C26H29FN4O3/c1-4-19(30-24(32)20-12-13-28-21-15-18(27)16-29-22(20)21)11-8-14-31-23(17-9-6-5-7-10-17)26(2,3)34-25(31)33/h5-7,9-10,12-13,15-16,19,23H,4,8,11,14H2,1-3H3,(H,30,32). The van der Waals surface area contributed by atoms with Crippen molar-refractivity contribution >= 4 is 23.0 Å². The molecule has 2 aromatic heterocycles. The maximum Gasteiger partial charge on any atom is 0.411 e. The van der Waals surface area contributed by atoms with Crippen molar-refractivity contribution in [2.75, 3.05) is 6.54 Å². The molecule has 7 nitrogen and oxygen atoms in total. The second-order valence-electron chi connectivity index (χ2n) is 9.08. The van der Waals surface area contributed by atoms with Crippen LogP contribution in [0, 0.1) is 5.82 Å². The Bertz CT molecular complexity index is 1190. The fourth-order valence-electron chi connectivity index (χ4n) is 4.60. The number of pyridine rings is 2. The molecule has 1 aliphatic heterocycles. The molecule has 0 saturated carbocycles. The summed E-state index contributed by atoms with van der Waals surface area (Å²) in [5, 5.41) is 3.05. The summed E-state index contributed by atoms with van der Waals surface area (Å²) in [5.74, 6) is -0.774. The highest BCUT2D eigenvalue weighted by Crippen LogP contribution is 2.41. The first-order valence-corrected chi connectivity index (χ1v) is 11.6.